The van der Waals surface area contributed by atoms with Gasteiger partial charge in [-0.2, -0.15) is 5.26 Å². The molecule has 3 aliphatic rings. The highest BCUT2D eigenvalue weighted by molar-refractivity contribution is 4.95. The van der Waals surface area contributed by atoms with Crippen LogP contribution in [0.2, 0.25) is 0 Å². The third kappa shape index (κ3) is 3.49. The van der Waals surface area contributed by atoms with Crippen molar-refractivity contribution in [2.75, 3.05) is 19.6 Å². The van der Waals surface area contributed by atoms with Gasteiger partial charge < -0.3 is 10.2 Å². The van der Waals surface area contributed by atoms with Gasteiger partial charge in [-0.15, -0.1) is 0 Å². The SMILES string of the molecule is N#CC1CCCCCC1NCC1CCN(C2CC2)C1. The molecule has 0 aromatic rings. The Morgan fingerprint density at radius 2 is 1.89 bits per heavy atom. The van der Waals surface area contributed by atoms with E-state index in [4.69, 9.17) is 0 Å². The summed E-state index contributed by atoms with van der Waals surface area (Å²) in [7, 11) is 0. The van der Waals surface area contributed by atoms with E-state index >= 15 is 0 Å². The van der Waals surface area contributed by atoms with Gasteiger partial charge in [0.2, 0.25) is 0 Å². The number of nitrogens with zero attached hydrogens (tertiary/aromatic N) is 2. The van der Waals surface area contributed by atoms with Crippen molar-refractivity contribution in [3.8, 4) is 6.07 Å². The van der Waals surface area contributed by atoms with E-state index < -0.39 is 0 Å². The van der Waals surface area contributed by atoms with E-state index in [-0.39, 0.29) is 5.92 Å². The van der Waals surface area contributed by atoms with Gasteiger partial charge >= 0.3 is 0 Å². The predicted octanol–water partition coefficient (Wildman–Crippen LogP) is 2.53. The van der Waals surface area contributed by atoms with Crippen LogP contribution < -0.4 is 5.32 Å². The molecule has 0 amide bonds. The Morgan fingerprint density at radius 3 is 2.68 bits per heavy atom. The minimum Gasteiger partial charge on any atom is -0.312 e. The first kappa shape index (κ1) is 13.4. The van der Waals surface area contributed by atoms with Crippen molar-refractivity contribution >= 4 is 0 Å². The minimum absolute atomic E-state index is 0.253. The molecular weight excluding hydrogens is 234 g/mol. The molecule has 3 atom stereocenters. The molecule has 3 fully saturated rings. The molecule has 1 heterocycles. The molecule has 1 saturated heterocycles. The Balaban J connectivity index is 1.44. The summed E-state index contributed by atoms with van der Waals surface area (Å²) in [6.45, 7) is 3.73. The molecule has 3 rings (SSSR count). The number of rotatable bonds is 4. The second-order valence-corrected chi connectivity index (χ2v) is 6.77. The lowest BCUT2D eigenvalue weighted by Gasteiger charge is -2.23. The maximum atomic E-state index is 9.30. The smallest absolute Gasteiger partial charge is 0.0672 e. The molecule has 0 aromatic carbocycles. The standard InChI is InChI=1S/C16H27N3/c17-10-14-4-2-1-3-5-16(14)18-11-13-8-9-19(12-13)15-6-7-15/h13-16,18H,1-9,11-12H2. The molecule has 106 valence electrons. The van der Waals surface area contributed by atoms with Gasteiger partial charge in [0.25, 0.3) is 0 Å². The van der Waals surface area contributed by atoms with E-state index in [0.717, 1.165) is 24.9 Å². The quantitative estimate of drug-likeness (QED) is 0.790. The lowest BCUT2D eigenvalue weighted by Crippen LogP contribution is -2.38. The number of nitrogens with one attached hydrogen (secondary N) is 1. The van der Waals surface area contributed by atoms with Crippen LogP contribution >= 0.6 is 0 Å². The van der Waals surface area contributed by atoms with Crippen molar-refractivity contribution in [3.05, 3.63) is 0 Å². The zero-order chi connectivity index (χ0) is 13.1. The van der Waals surface area contributed by atoms with Gasteiger partial charge in [-0.3, -0.25) is 0 Å². The summed E-state index contributed by atoms with van der Waals surface area (Å²) >= 11 is 0. The highest BCUT2D eigenvalue weighted by Crippen LogP contribution is 2.31. The highest BCUT2D eigenvalue weighted by Gasteiger charge is 2.34. The zero-order valence-electron chi connectivity index (χ0n) is 12.0. The van der Waals surface area contributed by atoms with Crippen LogP contribution in [0.5, 0.6) is 0 Å². The summed E-state index contributed by atoms with van der Waals surface area (Å²) in [5.41, 5.74) is 0. The van der Waals surface area contributed by atoms with E-state index in [2.05, 4.69) is 16.3 Å². The van der Waals surface area contributed by atoms with Gasteiger partial charge in [-0.1, -0.05) is 19.3 Å². The van der Waals surface area contributed by atoms with Crippen LogP contribution in [0.4, 0.5) is 0 Å². The van der Waals surface area contributed by atoms with Crippen LogP contribution in [0.15, 0.2) is 0 Å². The number of hydrogen-bond acceptors (Lipinski definition) is 3. The molecule has 1 aliphatic heterocycles. The van der Waals surface area contributed by atoms with Gasteiger partial charge in [0.1, 0.15) is 0 Å². The van der Waals surface area contributed by atoms with Gasteiger partial charge in [-0.25, -0.2) is 0 Å². The number of likely N-dealkylation sites (tertiary alicyclic amines) is 1. The molecular formula is C16H27N3. The molecule has 1 N–H and O–H groups in total. The fourth-order valence-corrected chi connectivity index (χ4v) is 3.83. The van der Waals surface area contributed by atoms with Crippen molar-refractivity contribution in [3.63, 3.8) is 0 Å². The lowest BCUT2D eigenvalue weighted by atomic mass is 9.95. The Hall–Kier alpha value is -0.590. The van der Waals surface area contributed by atoms with Gasteiger partial charge in [-0.05, 0) is 51.1 Å². The van der Waals surface area contributed by atoms with Crippen LogP contribution in [0.1, 0.15) is 51.4 Å². The first-order chi connectivity index (χ1) is 9.36. The molecule has 0 aromatic heterocycles. The number of nitriles is 1. The van der Waals surface area contributed by atoms with Gasteiger partial charge in [0.05, 0.1) is 12.0 Å². The van der Waals surface area contributed by atoms with Gasteiger partial charge in [0.15, 0.2) is 0 Å². The molecule has 0 bridgehead atoms. The Morgan fingerprint density at radius 1 is 1.05 bits per heavy atom. The van der Waals surface area contributed by atoms with E-state index in [1.165, 1.54) is 58.0 Å². The monoisotopic (exact) mass is 261 g/mol. The van der Waals surface area contributed by atoms with Crippen LogP contribution in [-0.2, 0) is 0 Å². The Labute approximate surface area is 117 Å². The molecule has 2 saturated carbocycles. The van der Waals surface area contributed by atoms with Crippen molar-refractivity contribution in [2.24, 2.45) is 11.8 Å². The third-order valence-electron chi connectivity index (χ3n) is 5.23. The maximum absolute atomic E-state index is 9.30. The fourth-order valence-electron chi connectivity index (χ4n) is 3.83. The average molecular weight is 261 g/mol. The second-order valence-electron chi connectivity index (χ2n) is 6.77. The van der Waals surface area contributed by atoms with Crippen LogP contribution in [0.25, 0.3) is 0 Å². The van der Waals surface area contributed by atoms with Crippen molar-refractivity contribution < 1.29 is 0 Å². The molecule has 0 radical (unpaired) electrons. The normalized spacial score (nSPS) is 36.9. The first-order valence-corrected chi connectivity index (χ1v) is 8.24. The summed E-state index contributed by atoms with van der Waals surface area (Å²) < 4.78 is 0. The first-order valence-electron chi connectivity index (χ1n) is 8.24. The van der Waals surface area contributed by atoms with Crippen molar-refractivity contribution in [1.82, 2.24) is 10.2 Å². The third-order valence-corrected chi connectivity index (χ3v) is 5.23. The molecule has 3 heteroatoms. The zero-order valence-corrected chi connectivity index (χ0v) is 12.0. The largest absolute Gasteiger partial charge is 0.312 e. The maximum Gasteiger partial charge on any atom is 0.0672 e. The van der Waals surface area contributed by atoms with Crippen molar-refractivity contribution in [1.29, 1.82) is 5.26 Å². The van der Waals surface area contributed by atoms with E-state index in [1.54, 1.807) is 0 Å². The average Bonchev–Trinajstić information content (AvgIpc) is 3.21. The molecule has 2 aliphatic carbocycles. The summed E-state index contributed by atoms with van der Waals surface area (Å²) in [5.74, 6) is 1.08. The second kappa shape index (κ2) is 6.24. The summed E-state index contributed by atoms with van der Waals surface area (Å²) in [5, 5.41) is 13.0. The minimum atomic E-state index is 0.253. The Kier molecular flexibility index (Phi) is 4.40. The predicted molar refractivity (Wildman–Crippen MR) is 76.7 cm³/mol. The van der Waals surface area contributed by atoms with Crippen molar-refractivity contribution in [2.45, 2.75) is 63.5 Å². The number of hydrogen-bond donors (Lipinski definition) is 1. The summed E-state index contributed by atoms with van der Waals surface area (Å²) in [6.07, 6.45) is 10.4. The highest BCUT2D eigenvalue weighted by atomic mass is 15.2. The van der Waals surface area contributed by atoms with Gasteiger partial charge in [0, 0.05) is 18.6 Å². The summed E-state index contributed by atoms with van der Waals surface area (Å²) in [6, 6.07) is 3.92. The molecule has 19 heavy (non-hydrogen) atoms. The van der Waals surface area contributed by atoms with E-state index in [1.807, 2.05) is 0 Å². The van der Waals surface area contributed by atoms with E-state index in [0.29, 0.717) is 6.04 Å². The lowest BCUT2D eigenvalue weighted by molar-refractivity contribution is 0.303. The van der Waals surface area contributed by atoms with Crippen LogP contribution in [-0.4, -0.2) is 36.6 Å². The fraction of sp³-hybridized carbons (Fsp3) is 0.938. The topological polar surface area (TPSA) is 39.1 Å². The van der Waals surface area contributed by atoms with Crippen LogP contribution in [0.3, 0.4) is 0 Å². The van der Waals surface area contributed by atoms with Crippen LogP contribution in [0, 0.1) is 23.2 Å². The Bertz CT molecular complexity index is 331. The molecule has 0 spiro atoms. The molecule has 3 nitrogen and oxygen atoms in total. The summed E-state index contributed by atoms with van der Waals surface area (Å²) in [4.78, 5) is 2.68. The molecule has 3 unspecified atom stereocenters. The van der Waals surface area contributed by atoms with E-state index in [9.17, 15) is 5.26 Å².